The minimum atomic E-state index is 0. The first-order valence-electron chi connectivity index (χ1n) is 8.56. The number of unbranched alkanes of at least 4 members (excludes halogenated alkanes) is 1. The summed E-state index contributed by atoms with van der Waals surface area (Å²) in [7, 11) is 1.81. The van der Waals surface area contributed by atoms with Crippen LogP contribution in [0.4, 0.5) is 0 Å². The zero-order chi connectivity index (χ0) is 16.5. The first kappa shape index (κ1) is 20.7. The number of imidazole rings is 1. The SMILES string of the molecule is CN=C(NCCCCC(C)C)NCCc1cn2ccccc2n1.I. The Kier molecular flexibility index (Phi) is 9.75. The van der Waals surface area contributed by atoms with Gasteiger partial charge in [0.05, 0.1) is 5.69 Å². The van der Waals surface area contributed by atoms with E-state index in [1.807, 2.05) is 31.4 Å². The monoisotopic (exact) mass is 443 g/mol. The molecular formula is C18H30IN5. The molecule has 5 nitrogen and oxygen atoms in total. The van der Waals surface area contributed by atoms with Crippen LogP contribution in [-0.2, 0) is 6.42 Å². The summed E-state index contributed by atoms with van der Waals surface area (Å²) in [6.45, 7) is 6.34. The Balaban J connectivity index is 0.00000288. The van der Waals surface area contributed by atoms with Gasteiger partial charge >= 0.3 is 0 Å². The summed E-state index contributed by atoms with van der Waals surface area (Å²) >= 11 is 0. The Morgan fingerprint density at radius 2 is 2.00 bits per heavy atom. The molecule has 24 heavy (non-hydrogen) atoms. The molecule has 0 bridgehead atoms. The number of nitrogens with zero attached hydrogens (tertiary/aromatic N) is 3. The molecule has 0 aromatic carbocycles. The molecule has 0 spiro atoms. The molecule has 0 fully saturated rings. The molecule has 0 aliphatic carbocycles. The standard InChI is InChI=1S/C18H29N5.HI/c1-15(2)8-4-6-11-20-18(19-3)21-12-10-16-14-23-13-7-5-9-17(23)22-16;/h5,7,9,13-15H,4,6,8,10-12H2,1-3H3,(H2,19,20,21);1H. The van der Waals surface area contributed by atoms with E-state index >= 15 is 0 Å². The van der Waals surface area contributed by atoms with Crippen molar-refractivity contribution in [2.45, 2.75) is 39.5 Å². The number of guanidine groups is 1. The number of aliphatic imine (C=N–C) groups is 1. The quantitative estimate of drug-likeness (QED) is 0.284. The summed E-state index contributed by atoms with van der Waals surface area (Å²) in [6, 6.07) is 6.05. The molecule has 134 valence electrons. The Morgan fingerprint density at radius 1 is 1.21 bits per heavy atom. The van der Waals surface area contributed by atoms with Crippen LogP contribution in [0.15, 0.2) is 35.6 Å². The van der Waals surface area contributed by atoms with Crippen LogP contribution in [0.1, 0.15) is 38.8 Å². The van der Waals surface area contributed by atoms with Crippen molar-refractivity contribution in [2.24, 2.45) is 10.9 Å². The lowest BCUT2D eigenvalue weighted by molar-refractivity contribution is 0.534. The van der Waals surface area contributed by atoms with Gasteiger partial charge in [0.2, 0.25) is 0 Å². The van der Waals surface area contributed by atoms with Crippen molar-refractivity contribution < 1.29 is 0 Å². The second-order valence-electron chi connectivity index (χ2n) is 6.26. The van der Waals surface area contributed by atoms with Gasteiger partial charge in [-0.05, 0) is 24.5 Å². The van der Waals surface area contributed by atoms with Crippen LogP contribution < -0.4 is 10.6 Å². The minimum absolute atomic E-state index is 0. The van der Waals surface area contributed by atoms with E-state index in [-0.39, 0.29) is 24.0 Å². The van der Waals surface area contributed by atoms with E-state index in [1.165, 1.54) is 19.3 Å². The summed E-state index contributed by atoms with van der Waals surface area (Å²) in [4.78, 5) is 8.86. The Labute approximate surface area is 162 Å². The van der Waals surface area contributed by atoms with Gasteiger partial charge in [0.15, 0.2) is 5.96 Å². The Bertz CT molecular complexity index is 588. The Morgan fingerprint density at radius 3 is 2.71 bits per heavy atom. The second kappa shape index (κ2) is 11.3. The average molecular weight is 443 g/mol. The van der Waals surface area contributed by atoms with Gasteiger partial charge in [-0.15, -0.1) is 24.0 Å². The second-order valence-corrected chi connectivity index (χ2v) is 6.26. The summed E-state index contributed by atoms with van der Waals surface area (Å²) in [6.07, 6.45) is 8.74. The van der Waals surface area contributed by atoms with Crippen LogP contribution in [0.3, 0.4) is 0 Å². The highest BCUT2D eigenvalue weighted by atomic mass is 127. The van der Waals surface area contributed by atoms with Crippen LogP contribution in [0.25, 0.3) is 5.65 Å². The molecule has 2 aromatic rings. The molecular weight excluding hydrogens is 413 g/mol. The molecule has 0 saturated heterocycles. The summed E-state index contributed by atoms with van der Waals surface area (Å²) in [5.41, 5.74) is 2.09. The number of aromatic nitrogens is 2. The molecule has 0 atom stereocenters. The average Bonchev–Trinajstić information content (AvgIpc) is 2.95. The maximum atomic E-state index is 4.60. The van der Waals surface area contributed by atoms with E-state index in [0.717, 1.165) is 42.7 Å². The van der Waals surface area contributed by atoms with Crippen LogP contribution in [-0.4, -0.2) is 35.5 Å². The third kappa shape index (κ3) is 7.07. The number of halogens is 1. The predicted molar refractivity (Wildman–Crippen MR) is 112 cm³/mol. The van der Waals surface area contributed by atoms with Crippen molar-refractivity contribution in [3.8, 4) is 0 Å². The topological polar surface area (TPSA) is 53.7 Å². The number of rotatable bonds is 8. The van der Waals surface area contributed by atoms with Crippen molar-refractivity contribution >= 4 is 35.6 Å². The van der Waals surface area contributed by atoms with Crippen LogP contribution in [0.2, 0.25) is 0 Å². The Hall–Kier alpha value is -1.31. The van der Waals surface area contributed by atoms with Gasteiger partial charge in [-0.1, -0.05) is 32.8 Å². The number of hydrogen-bond donors (Lipinski definition) is 2. The predicted octanol–water partition coefficient (Wildman–Crippen LogP) is 3.49. The van der Waals surface area contributed by atoms with E-state index in [1.54, 1.807) is 0 Å². The highest BCUT2D eigenvalue weighted by Crippen LogP contribution is 2.05. The third-order valence-electron chi connectivity index (χ3n) is 3.81. The molecule has 0 radical (unpaired) electrons. The lowest BCUT2D eigenvalue weighted by atomic mass is 10.1. The summed E-state index contributed by atoms with van der Waals surface area (Å²) in [5, 5.41) is 6.72. The fraction of sp³-hybridized carbons (Fsp3) is 0.556. The van der Waals surface area contributed by atoms with E-state index in [4.69, 9.17) is 0 Å². The largest absolute Gasteiger partial charge is 0.356 e. The molecule has 6 heteroatoms. The summed E-state index contributed by atoms with van der Waals surface area (Å²) in [5.74, 6) is 1.66. The first-order chi connectivity index (χ1) is 11.2. The number of hydrogen-bond acceptors (Lipinski definition) is 2. The molecule has 0 amide bonds. The smallest absolute Gasteiger partial charge is 0.190 e. The van der Waals surface area contributed by atoms with Crippen molar-refractivity contribution in [2.75, 3.05) is 20.1 Å². The molecule has 0 unspecified atom stereocenters. The third-order valence-corrected chi connectivity index (χ3v) is 3.81. The zero-order valence-corrected chi connectivity index (χ0v) is 17.3. The van der Waals surface area contributed by atoms with E-state index < -0.39 is 0 Å². The van der Waals surface area contributed by atoms with Gasteiger partial charge in [0.1, 0.15) is 5.65 Å². The molecule has 2 N–H and O–H groups in total. The van der Waals surface area contributed by atoms with Gasteiger partial charge < -0.3 is 15.0 Å². The van der Waals surface area contributed by atoms with Crippen LogP contribution in [0, 0.1) is 5.92 Å². The highest BCUT2D eigenvalue weighted by Gasteiger charge is 2.02. The van der Waals surface area contributed by atoms with Crippen LogP contribution >= 0.6 is 24.0 Å². The van der Waals surface area contributed by atoms with E-state index in [9.17, 15) is 0 Å². The van der Waals surface area contributed by atoms with Gasteiger partial charge in [0, 0.05) is 39.0 Å². The molecule has 2 heterocycles. The zero-order valence-electron chi connectivity index (χ0n) is 15.0. The molecule has 2 aromatic heterocycles. The van der Waals surface area contributed by atoms with E-state index in [2.05, 4.69) is 45.1 Å². The van der Waals surface area contributed by atoms with Gasteiger partial charge in [0.25, 0.3) is 0 Å². The minimum Gasteiger partial charge on any atom is -0.356 e. The summed E-state index contributed by atoms with van der Waals surface area (Å²) < 4.78 is 2.05. The number of nitrogens with one attached hydrogen (secondary N) is 2. The highest BCUT2D eigenvalue weighted by molar-refractivity contribution is 14.0. The van der Waals surface area contributed by atoms with E-state index in [0.29, 0.717) is 0 Å². The van der Waals surface area contributed by atoms with Crippen molar-refractivity contribution in [3.63, 3.8) is 0 Å². The number of fused-ring (bicyclic) bond motifs is 1. The maximum absolute atomic E-state index is 4.60. The molecule has 2 rings (SSSR count). The molecule has 0 aliphatic heterocycles. The van der Waals surface area contributed by atoms with Crippen molar-refractivity contribution in [1.82, 2.24) is 20.0 Å². The maximum Gasteiger partial charge on any atom is 0.190 e. The first-order valence-corrected chi connectivity index (χ1v) is 8.56. The van der Waals surface area contributed by atoms with Crippen molar-refractivity contribution in [3.05, 3.63) is 36.3 Å². The fourth-order valence-electron chi connectivity index (χ4n) is 2.52. The number of pyridine rings is 1. The van der Waals surface area contributed by atoms with Crippen LogP contribution in [0.5, 0.6) is 0 Å². The van der Waals surface area contributed by atoms with Gasteiger partial charge in [-0.2, -0.15) is 0 Å². The van der Waals surface area contributed by atoms with Gasteiger partial charge in [-0.25, -0.2) is 4.98 Å². The fourth-order valence-corrected chi connectivity index (χ4v) is 2.52. The normalized spacial score (nSPS) is 11.6. The van der Waals surface area contributed by atoms with Crippen molar-refractivity contribution in [1.29, 1.82) is 0 Å². The molecule has 0 aliphatic rings. The lowest BCUT2D eigenvalue weighted by Crippen LogP contribution is -2.38. The molecule has 0 saturated carbocycles. The van der Waals surface area contributed by atoms with Gasteiger partial charge in [-0.3, -0.25) is 4.99 Å². The lowest BCUT2D eigenvalue weighted by Gasteiger charge is -2.11.